The SMILES string of the molecule is CSc1nc2n(n1)C(c1cccc(C)c1)C1=C(CC(C)(C)CC1=O)N2. The average molecular weight is 354 g/mol. The third kappa shape index (κ3) is 2.78. The van der Waals surface area contributed by atoms with Gasteiger partial charge in [-0.2, -0.15) is 4.98 Å². The Kier molecular flexibility index (Phi) is 3.76. The second-order valence-electron chi connectivity index (χ2n) is 7.64. The van der Waals surface area contributed by atoms with E-state index in [0.717, 1.165) is 29.2 Å². The van der Waals surface area contributed by atoms with Crippen LogP contribution in [0, 0.1) is 12.3 Å². The van der Waals surface area contributed by atoms with Gasteiger partial charge in [-0.25, -0.2) is 4.68 Å². The zero-order valence-corrected chi connectivity index (χ0v) is 15.8. The maximum atomic E-state index is 13.0. The molecule has 130 valence electrons. The topological polar surface area (TPSA) is 59.8 Å². The monoisotopic (exact) mass is 354 g/mol. The van der Waals surface area contributed by atoms with Gasteiger partial charge in [0.25, 0.3) is 0 Å². The average Bonchev–Trinajstić information content (AvgIpc) is 2.94. The quantitative estimate of drug-likeness (QED) is 0.827. The normalized spacial score (nSPS) is 21.6. The minimum atomic E-state index is -0.205. The molecule has 25 heavy (non-hydrogen) atoms. The molecule has 1 unspecified atom stereocenters. The summed E-state index contributed by atoms with van der Waals surface area (Å²) in [5.41, 5.74) is 4.06. The summed E-state index contributed by atoms with van der Waals surface area (Å²) < 4.78 is 1.87. The van der Waals surface area contributed by atoms with Crippen LogP contribution in [0.15, 0.2) is 40.7 Å². The number of thioether (sulfide) groups is 1. The molecule has 0 fully saturated rings. The van der Waals surface area contributed by atoms with Gasteiger partial charge in [0.05, 0.1) is 0 Å². The molecule has 1 aromatic heterocycles. The number of nitrogens with one attached hydrogen (secondary N) is 1. The summed E-state index contributed by atoms with van der Waals surface area (Å²) in [5, 5.41) is 8.74. The number of fused-ring (bicyclic) bond motifs is 1. The van der Waals surface area contributed by atoms with Crippen molar-refractivity contribution >= 4 is 23.5 Å². The second-order valence-corrected chi connectivity index (χ2v) is 8.41. The third-order valence-electron chi connectivity index (χ3n) is 4.85. The van der Waals surface area contributed by atoms with Crippen LogP contribution >= 0.6 is 11.8 Å². The first-order valence-electron chi connectivity index (χ1n) is 8.48. The summed E-state index contributed by atoms with van der Waals surface area (Å²) in [4.78, 5) is 17.6. The van der Waals surface area contributed by atoms with Gasteiger partial charge in [-0.3, -0.25) is 4.79 Å². The number of hydrogen-bond acceptors (Lipinski definition) is 5. The Morgan fingerprint density at radius 3 is 2.84 bits per heavy atom. The molecule has 2 aromatic rings. The Hall–Kier alpha value is -2.08. The van der Waals surface area contributed by atoms with Crippen molar-refractivity contribution in [3.05, 3.63) is 46.7 Å². The number of aromatic nitrogens is 3. The summed E-state index contributed by atoms with van der Waals surface area (Å²) in [5.74, 6) is 0.928. The van der Waals surface area contributed by atoms with Gasteiger partial charge in [-0.1, -0.05) is 55.4 Å². The predicted molar refractivity (Wildman–Crippen MR) is 99.8 cm³/mol. The van der Waals surface area contributed by atoms with Crippen LogP contribution in [0.5, 0.6) is 0 Å². The fraction of sp³-hybridized carbons (Fsp3) is 0.421. The minimum absolute atomic E-state index is 0.0371. The van der Waals surface area contributed by atoms with Crippen LogP contribution < -0.4 is 5.32 Å². The number of anilines is 1. The fourth-order valence-electron chi connectivity index (χ4n) is 3.82. The van der Waals surface area contributed by atoms with Crippen LogP contribution in [0.1, 0.15) is 43.9 Å². The lowest BCUT2D eigenvalue weighted by molar-refractivity contribution is -0.118. The van der Waals surface area contributed by atoms with Gasteiger partial charge >= 0.3 is 0 Å². The van der Waals surface area contributed by atoms with E-state index in [1.165, 1.54) is 17.3 Å². The van der Waals surface area contributed by atoms with Gasteiger partial charge in [0.2, 0.25) is 11.1 Å². The van der Waals surface area contributed by atoms with E-state index in [1.54, 1.807) is 0 Å². The highest BCUT2D eigenvalue weighted by atomic mass is 32.2. The number of nitrogens with zero attached hydrogens (tertiary/aromatic N) is 3. The summed E-state index contributed by atoms with van der Waals surface area (Å²) in [6.45, 7) is 6.36. The summed E-state index contributed by atoms with van der Waals surface area (Å²) in [6, 6.07) is 8.11. The van der Waals surface area contributed by atoms with Gasteiger partial charge in [0, 0.05) is 17.7 Å². The number of carbonyl (C=O) groups is 1. The molecule has 4 rings (SSSR count). The molecule has 2 heterocycles. The molecule has 2 aliphatic rings. The largest absolute Gasteiger partial charge is 0.328 e. The molecule has 0 amide bonds. The standard InChI is InChI=1S/C19H22N4OS/c1-11-6-5-7-12(8-11)16-15-13(9-19(2,3)10-14(15)24)20-17-21-18(25-4)22-23(16)17/h5-8,16H,9-10H2,1-4H3,(H,20,21,22). The highest BCUT2D eigenvalue weighted by Gasteiger charge is 2.41. The summed E-state index contributed by atoms with van der Waals surface area (Å²) in [6.07, 6.45) is 3.37. The lowest BCUT2D eigenvalue weighted by Crippen LogP contribution is -2.36. The van der Waals surface area contributed by atoms with Gasteiger partial charge in [0.15, 0.2) is 5.78 Å². The van der Waals surface area contributed by atoms with E-state index in [1.807, 2.05) is 17.0 Å². The molecule has 0 bridgehead atoms. The molecule has 1 aliphatic heterocycles. The molecule has 0 saturated carbocycles. The summed E-state index contributed by atoms with van der Waals surface area (Å²) >= 11 is 1.51. The van der Waals surface area contributed by atoms with Crippen molar-refractivity contribution in [2.45, 2.75) is 44.8 Å². The van der Waals surface area contributed by atoms with Crippen LogP contribution in [0.2, 0.25) is 0 Å². The van der Waals surface area contributed by atoms with E-state index >= 15 is 0 Å². The van der Waals surface area contributed by atoms with Crippen LogP contribution in [-0.4, -0.2) is 26.8 Å². The number of ketones is 1. The lowest BCUT2D eigenvalue weighted by Gasteiger charge is -2.38. The van der Waals surface area contributed by atoms with Crippen LogP contribution in [0.3, 0.4) is 0 Å². The molecule has 5 nitrogen and oxygen atoms in total. The Balaban J connectivity index is 1.92. The van der Waals surface area contributed by atoms with E-state index in [-0.39, 0.29) is 17.2 Å². The zero-order valence-electron chi connectivity index (χ0n) is 15.0. The molecular weight excluding hydrogens is 332 g/mol. The molecule has 1 N–H and O–H groups in total. The number of Topliss-reactive ketones (excluding diaryl/α,β-unsaturated/α-hetero) is 1. The van der Waals surface area contributed by atoms with Crippen LogP contribution in [-0.2, 0) is 4.79 Å². The van der Waals surface area contributed by atoms with Crippen molar-refractivity contribution in [3.63, 3.8) is 0 Å². The first-order valence-corrected chi connectivity index (χ1v) is 9.71. The highest BCUT2D eigenvalue weighted by molar-refractivity contribution is 7.98. The van der Waals surface area contributed by atoms with Gasteiger partial charge < -0.3 is 5.32 Å². The maximum absolute atomic E-state index is 13.0. The van der Waals surface area contributed by atoms with Gasteiger partial charge in [0.1, 0.15) is 6.04 Å². The molecule has 1 atom stereocenters. The number of allylic oxidation sites excluding steroid dienone is 2. The Bertz CT molecular complexity index is 897. The number of carbonyl (C=O) groups excluding carboxylic acids is 1. The molecule has 6 heteroatoms. The Labute approximate surface area is 151 Å². The predicted octanol–water partition coefficient (Wildman–Crippen LogP) is 3.97. The summed E-state index contributed by atoms with van der Waals surface area (Å²) in [7, 11) is 0. The van der Waals surface area contributed by atoms with Crippen molar-refractivity contribution in [1.82, 2.24) is 14.8 Å². The van der Waals surface area contributed by atoms with Crippen molar-refractivity contribution in [1.29, 1.82) is 0 Å². The van der Waals surface area contributed by atoms with E-state index in [4.69, 9.17) is 0 Å². The van der Waals surface area contributed by atoms with Crippen LogP contribution in [0.4, 0.5) is 5.95 Å². The zero-order chi connectivity index (χ0) is 17.8. The second kappa shape index (κ2) is 5.73. The molecular formula is C19H22N4OS. The molecule has 0 spiro atoms. The van der Waals surface area contributed by atoms with E-state index in [2.05, 4.69) is 54.4 Å². The maximum Gasteiger partial charge on any atom is 0.227 e. The van der Waals surface area contributed by atoms with Crippen LogP contribution in [0.25, 0.3) is 0 Å². The molecule has 1 aliphatic carbocycles. The number of aryl methyl sites for hydroxylation is 1. The molecule has 0 radical (unpaired) electrons. The first kappa shape index (κ1) is 16.4. The Morgan fingerprint density at radius 2 is 2.12 bits per heavy atom. The minimum Gasteiger partial charge on any atom is -0.328 e. The third-order valence-corrected chi connectivity index (χ3v) is 5.39. The number of hydrogen-bond donors (Lipinski definition) is 1. The van der Waals surface area contributed by atoms with E-state index in [0.29, 0.717) is 11.6 Å². The van der Waals surface area contributed by atoms with Crippen molar-refractivity contribution in [2.24, 2.45) is 5.41 Å². The fourth-order valence-corrected chi connectivity index (χ4v) is 4.17. The first-order chi connectivity index (χ1) is 11.9. The molecule has 1 aromatic carbocycles. The van der Waals surface area contributed by atoms with E-state index < -0.39 is 0 Å². The van der Waals surface area contributed by atoms with E-state index in [9.17, 15) is 4.79 Å². The van der Waals surface area contributed by atoms with Crippen molar-refractivity contribution in [3.8, 4) is 0 Å². The number of benzene rings is 1. The lowest BCUT2D eigenvalue weighted by atomic mass is 9.73. The van der Waals surface area contributed by atoms with Crippen molar-refractivity contribution in [2.75, 3.05) is 11.6 Å². The van der Waals surface area contributed by atoms with Gasteiger partial charge in [-0.05, 0) is 30.6 Å². The van der Waals surface area contributed by atoms with Gasteiger partial charge in [-0.15, -0.1) is 5.10 Å². The highest BCUT2D eigenvalue weighted by Crippen LogP contribution is 2.45. The van der Waals surface area contributed by atoms with Crippen molar-refractivity contribution < 1.29 is 4.79 Å². The number of rotatable bonds is 2. The molecule has 0 saturated heterocycles. The smallest absolute Gasteiger partial charge is 0.227 e. The Morgan fingerprint density at radius 1 is 1.32 bits per heavy atom.